The van der Waals surface area contributed by atoms with Gasteiger partial charge in [-0.1, -0.05) is 12.1 Å². The molecule has 0 saturated carbocycles. The van der Waals surface area contributed by atoms with Crippen LogP contribution in [0.5, 0.6) is 5.75 Å². The van der Waals surface area contributed by atoms with Crippen LogP contribution in [-0.4, -0.2) is 24.6 Å². The summed E-state index contributed by atoms with van der Waals surface area (Å²) in [5, 5.41) is 2.73. The first-order valence-corrected chi connectivity index (χ1v) is 5.75. The van der Waals surface area contributed by atoms with E-state index in [9.17, 15) is 4.79 Å². The number of benzene rings is 1. The van der Waals surface area contributed by atoms with Crippen molar-refractivity contribution in [3.8, 4) is 5.75 Å². The van der Waals surface area contributed by atoms with Crippen LogP contribution in [-0.2, 0) is 4.79 Å². The maximum absolute atomic E-state index is 11.3. The third kappa shape index (κ3) is 4.87. The first-order valence-electron chi connectivity index (χ1n) is 5.75. The van der Waals surface area contributed by atoms with E-state index < -0.39 is 6.04 Å². The van der Waals surface area contributed by atoms with Crippen molar-refractivity contribution in [3.63, 3.8) is 0 Å². The van der Waals surface area contributed by atoms with Crippen LogP contribution in [0.3, 0.4) is 0 Å². The van der Waals surface area contributed by atoms with Gasteiger partial charge in [-0.2, -0.15) is 0 Å². The van der Waals surface area contributed by atoms with E-state index in [1.807, 2.05) is 38.1 Å². The lowest BCUT2D eigenvalue weighted by Crippen LogP contribution is -2.42. The second-order valence-corrected chi connectivity index (χ2v) is 4.28. The molecule has 1 aromatic rings. The Bertz CT molecular complexity index is 377. The van der Waals surface area contributed by atoms with Gasteiger partial charge in [0.05, 0.1) is 12.6 Å². The van der Waals surface area contributed by atoms with Crippen LogP contribution in [0.15, 0.2) is 24.3 Å². The van der Waals surface area contributed by atoms with Gasteiger partial charge in [0.1, 0.15) is 11.9 Å². The molecule has 0 aliphatic heterocycles. The smallest absolute Gasteiger partial charge is 0.236 e. The van der Waals surface area contributed by atoms with Crippen LogP contribution in [0.1, 0.15) is 19.4 Å². The highest BCUT2D eigenvalue weighted by atomic mass is 16.5. The van der Waals surface area contributed by atoms with E-state index in [-0.39, 0.29) is 12.0 Å². The van der Waals surface area contributed by atoms with Crippen LogP contribution in [0, 0.1) is 6.92 Å². The number of ether oxygens (including phenoxy) is 1. The Morgan fingerprint density at radius 1 is 1.47 bits per heavy atom. The summed E-state index contributed by atoms with van der Waals surface area (Å²) < 4.78 is 5.67. The van der Waals surface area contributed by atoms with Crippen molar-refractivity contribution in [2.45, 2.75) is 32.9 Å². The van der Waals surface area contributed by atoms with Gasteiger partial charge in [0.25, 0.3) is 0 Å². The molecule has 17 heavy (non-hydrogen) atoms. The molecule has 0 heterocycles. The summed E-state index contributed by atoms with van der Waals surface area (Å²) in [6.45, 7) is 6.02. The molecule has 4 heteroatoms. The maximum atomic E-state index is 11.3. The van der Waals surface area contributed by atoms with Gasteiger partial charge in [-0.25, -0.2) is 0 Å². The molecular weight excluding hydrogens is 216 g/mol. The molecule has 94 valence electrons. The number of nitrogens with two attached hydrogens (primary N) is 1. The van der Waals surface area contributed by atoms with E-state index in [2.05, 4.69) is 5.32 Å². The lowest BCUT2D eigenvalue weighted by atomic mass is 10.2. The van der Waals surface area contributed by atoms with E-state index >= 15 is 0 Å². The van der Waals surface area contributed by atoms with E-state index in [1.165, 1.54) is 0 Å². The monoisotopic (exact) mass is 236 g/mol. The Balaban J connectivity index is 2.39. The Morgan fingerprint density at radius 3 is 2.76 bits per heavy atom. The van der Waals surface area contributed by atoms with Gasteiger partial charge in [0, 0.05) is 0 Å². The van der Waals surface area contributed by atoms with Crippen molar-refractivity contribution < 1.29 is 9.53 Å². The minimum Gasteiger partial charge on any atom is -0.489 e. The van der Waals surface area contributed by atoms with Crippen LogP contribution < -0.4 is 15.8 Å². The Morgan fingerprint density at radius 2 is 2.18 bits per heavy atom. The van der Waals surface area contributed by atoms with Gasteiger partial charge >= 0.3 is 0 Å². The van der Waals surface area contributed by atoms with Crippen LogP contribution >= 0.6 is 0 Å². The predicted molar refractivity (Wildman–Crippen MR) is 67.9 cm³/mol. The van der Waals surface area contributed by atoms with Gasteiger partial charge in [0.15, 0.2) is 0 Å². The fourth-order valence-corrected chi connectivity index (χ4v) is 1.37. The molecular formula is C13H20N2O2. The molecule has 0 aromatic heterocycles. The fraction of sp³-hybridized carbons (Fsp3) is 0.462. The van der Waals surface area contributed by atoms with Gasteiger partial charge in [-0.15, -0.1) is 0 Å². The molecule has 3 N–H and O–H groups in total. The summed E-state index contributed by atoms with van der Waals surface area (Å²) in [6.07, 6.45) is -0.0838. The summed E-state index contributed by atoms with van der Waals surface area (Å²) in [5.74, 6) is 0.650. The van der Waals surface area contributed by atoms with Crippen molar-refractivity contribution >= 4 is 5.91 Å². The third-order valence-corrected chi connectivity index (χ3v) is 2.30. The Labute approximate surface area is 102 Å². The predicted octanol–water partition coefficient (Wildman–Crippen LogP) is 1.23. The highest BCUT2D eigenvalue weighted by Gasteiger charge is 2.09. The Kier molecular flexibility index (Phi) is 4.97. The first kappa shape index (κ1) is 13.5. The van der Waals surface area contributed by atoms with Gasteiger partial charge < -0.3 is 15.8 Å². The number of aryl methyl sites for hydroxylation is 1. The third-order valence-electron chi connectivity index (χ3n) is 2.30. The summed E-state index contributed by atoms with van der Waals surface area (Å²) in [4.78, 5) is 11.3. The number of hydrogen-bond donors (Lipinski definition) is 2. The molecule has 0 fully saturated rings. The lowest BCUT2D eigenvalue weighted by molar-refractivity contribution is -0.122. The molecule has 0 radical (unpaired) electrons. The van der Waals surface area contributed by atoms with E-state index in [0.29, 0.717) is 6.54 Å². The zero-order chi connectivity index (χ0) is 12.8. The number of amides is 1. The minimum atomic E-state index is -0.485. The van der Waals surface area contributed by atoms with E-state index in [0.717, 1.165) is 11.3 Å². The average molecular weight is 236 g/mol. The highest BCUT2D eigenvalue weighted by molar-refractivity contribution is 5.80. The molecule has 0 aliphatic carbocycles. The number of hydrogen-bond acceptors (Lipinski definition) is 3. The fourth-order valence-electron chi connectivity index (χ4n) is 1.37. The second-order valence-electron chi connectivity index (χ2n) is 4.28. The summed E-state index contributed by atoms with van der Waals surface area (Å²) >= 11 is 0. The van der Waals surface area contributed by atoms with Crippen molar-refractivity contribution in [1.82, 2.24) is 5.32 Å². The molecule has 1 unspecified atom stereocenters. The molecule has 1 rings (SSSR count). The number of carbonyl (C=O) groups excluding carboxylic acids is 1. The largest absolute Gasteiger partial charge is 0.489 e. The Hall–Kier alpha value is -1.55. The average Bonchev–Trinajstić information content (AvgIpc) is 2.25. The van der Waals surface area contributed by atoms with Crippen molar-refractivity contribution in [3.05, 3.63) is 29.8 Å². The zero-order valence-corrected chi connectivity index (χ0v) is 10.6. The SMILES string of the molecule is Cc1cccc(OC(C)CNC(=O)[C@@H](C)N)c1. The standard InChI is InChI=1S/C13H20N2O2/c1-9-5-4-6-12(7-9)17-10(2)8-15-13(16)11(3)14/h4-7,10-11H,8,14H2,1-3H3,(H,15,16)/t10?,11-/m1/s1. The normalized spacial score (nSPS) is 13.9. The number of nitrogens with one attached hydrogen (secondary N) is 1. The van der Waals surface area contributed by atoms with Crippen LogP contribution in [0.4, 0.5) is 0 Å². The van der Waals surface area contributed by atoms with E-state index in [1.54, 1.807) is 6.92 Å². The molecule has 4 nitrogen and oxygen atoms in total. The second kappa shape index (κ2) is 6.25. The quantitative estimate of drug-likeness (QED) is 0.808. The van der Waals surface area contributed by atoms with Crippen molar-refractivity contribution in [2.24, 2.45) is 5.73 Å². The highest BCUT2D eigenvalue weighted by Crippen LogP contribution is 2.13. The summed E-state index contributed by atoms with van der Waals surface area (Å²) in [7, 11) is 0. The number of rotatable bonds is 5. The van der Waals surface area contributed by atoms with E-state index in [4.69, 9.17) is 10.5 Å². The molecule has 1 amide bonds. The van der Waals surface area contributed by atoms with Gasteiger partial charge in [-0.3, -0.25) is 4.79 Å². The maximum Gasteiger partial charge on any atom is 0.236 e. The zero-order valence-electron chi connectivity index (χ0n) is 10.6. The topological polar surface area (TPSA) is 64.3 Å². The van der Waals surface area contributed by atoms with Crippen LogP contribution in [0.2, 0.25) is 0 Å². The van der Waals surface area contributed by atoms with Crippen molar-refractivity contribution in [2.75, 3.05) is 6.54 Å². The molecule has 0 saturated heterocycles. The lowest BCUT2D eigenvalue weighted by Gasteiger charge is -2.16. The molecule has 2 atom stereocenters. The first-order chi connectivity index (χ1) is 7.99. The molecule has 1 aromatic carbocycles. The molecule has 0 aliphatic rings. The number of carbonyl (C=O) groups is 1. The van der Waals surface area contributed by atoms with Gasteiger partial charge in [-0.05, 0) is 38.5 Å². The van der Waals surface area contributed by atoms with Gasteiger partial charge in [0.2, 0.25) is 5.91 Å². The molecule has 0 spiro atoms. The summed E-state index contributed by atoms with van der Waals surface area (Å²) in [6, 6.07) is 7.33. The minimum absolute atomic E-state index is 0.0838. The molecule has 0 bridgehead atoms. The van der Waals surface area contributed by atoms with Crippen LogP contribution in [0.25, 0.3) is 0 Å². The van der Waals surface area contributed by atoms with Crippen molar-refractivity contribution in [1.29, 1.82) is 0 Å². The summed E-state index contributed by atoms with van der Waals surface area (Å²) in [5.41, 5.74) is 6.59.